The van der Waals surface area contributed by atoms with E-state index in [1.165, 1.54) is 4.90 Å². The summed E-state index contributed by atoms with van der Waals surface area (Å²) in [7, 11) is 0. The van der Waals surface area contributed by atoms with Gasteiger partial charge in [0.1, 0.15) is 10.9 Å². The minimum Gasteiger partial charge on any atom is -0.395 e. The van der Waals surface area contributed by atoms with Crippen LogP contribution in [0.25, 0.3) is 0 Å². The fraction of sp³-hybridized carbons (Fsp3) is 0.400. The standard InChI is InChI=1S/C20H24ClN5O3S/c1-2-14(19(28)24-12-5-3-4-6-12)26(13-9-7-11(21)8-10-13)20(29)17-15(22)16(18(23)27)25-30-17/h7-10,12,14H,2-6,22H2,1H3,(H2,23,27)(H,24,28)/t14-/m1/s1. The lowest BCUT2D eigenvalue weighted by Gasteiger charge is -2.31. The number of aromatic nitrogens is 1. The van der Waals surface area contributed by atoms with Gasteiger partial charge in [-0.3, -0.25) is 19.3 Å². The zero-order valence-corrected chi connectivity index (χ0v) is 18.1. The van der Waals surface area contributed by atoms with Crippen LogP contribution in [-0.2, 0) is 4.79 Å². The predicted octanol–water partition coefficient (Wildman–Crippen LogP) is 2.96. The fourth-order valence-corrected chi connectivity index (χ4v) is 4.50. The molecule has 1 heterocycles. The summed E-state index contributed by atoms with van der Waals surface area (Å²) in [5.41, 5.74) is 11.5. The third-order valence-corrected chi connectivity index (χ3v) is 6.28. The van der Waals surface area contributed by atoms with Crippen LogP contribution in [-0.4, -0.2) is 34.2 Å². The monoisotopic (exact) mass is 449 g/mol. The molecular formula is C20H24ClN5O3S. The highest BCUT2D eigenvalue weighted by Gasteiger charge is 2.34. The first-order valence-corrected chi connectivity index (χ1v) is 10.9. The van der Waals surface area contributed by atoms with Crippen molar-refractivity contribution in [2.24, 2.45) is 5.73 Å². The van der Waals surface area contributed by atoms with Crippen molar-refractivity contribution in [3.8, 4) is 0 Å². The molecule has 0 radical (unpaired) electrons. The SMILES string of the molecule is CC[C@H](C(=O)NC1CCCC1)N(C(=O)c1snc(C(N)=O)c1N)c1ccc(Cl)cc1. The Morgan fingerprint density at radius 1 is 1.27 bits per heavy atom. The maximum Gasteiger partial charge on any atom is 0.272 e. The maximum absolute atomic E-state index is 13.5. The Morgan fingerprint density at radius 3 is 2.43 bits per heavy atom. The Morgan fingerprint density at radius 2 is 1.90 bits per heavy atom. The number of nitrogens with two attached hydrogens (primary N) is 2. The van der Waals surface area contributed by atoms with Gasteiger partial charge in [0.2, 0.25) is 5.91 Å². The predicted molar refractivity (Wildman–Crippen MR) is 118 cm³/mol. The number of nitrogens with one attached hydrogen (secondary N) is 1. The molecule has 1 saturated carbocycles. The Bertz CT molecular complexity index is 940. The highest BCUT2D eigenvalue weighted by atomic mass is 35.5. The Kier molecular flexibility index (Phi) is 6.94. The quantitative estimate of drug-likeness (QED) is 0.597. The second-order valence-electron chi connectivity index (χ2n) is 7.20. The van der Waals surface area contributed by atoms with E-state index in [1.54, 1.807) is 24.3 Å². The third kappa shape index (κ3) is 4.57. The number of carbonyl (C=O) groups is 3. The van der Waals surface area contributed by atoms with E-state index in [1.807, 2.05) is 6.92 Å². The highest BCUT2D eigenvalue weighted by molar-refractivity contribution is 7.09. The average molecular weight is 450 g/mol. The van der Waals surface area contributed by atoms with Crippen LogP contribution in [0.4, 0.5) is 11.4 Å². The number of nitrogen functional groups attached to an aromatic ring is 1. The normalized spacial score (nSPS) is 15.0. The summed E-state index contributed by atoms with van der Waals surface area (Å²) >= 11 is 6.79. The topological polar surface area (TPSA) is 131 Å². The number of carbonyl (C=O) groups excluding carboxylic acids is 3. The van der Waals surface area contributed by atoms with Crippen molar-refractivity contribution in [3.05, 3.63) is 39.9 Å². The van der Waals surface area contributed by atoms with Crippen LogP contribution in [0, 0.1) is 0 Å². The van der Waals surface area contributed by atoms with Crippen LogP contribution < -0.4 is 21.7 Å². The molecule has 0 saturated heterocycles. The van der Waals surface area contributed by atoms with Gasteiger partial charge in [-0.25, -0.2) is 0 Å². The van der Waals surface area contributed by atoms with Gasteiger partial charge in [-0.15, -0.1) is 0 Å². The number of rotatable bonds is 7. The van der Waals surface area contributed by atoms with Crippen molar-refractivity contribution in [1.82, 2.24) is 9.69 Å². The van der Waals surface area contributed by atoms with Gasteiger partial charge in [0, 0.05) is 16.8 Å². The first kappa shape index (κ1) is 22.0. The van der Waals surface area contributed by atoms with Crippen LogP contribution in [0.15, 0.2) is 24.3 Å². The van der Waals surface area contributed by atoms with Crippen molar-refractivity contribution in [2.75, 3.05) is 10.6 Å². The molecule has 1 atom stereocenters. The molecule has 1 aromatic carbocycles. The number of halogens is 1. The van der Waals surface area contributed by atoms with Crippen LogP contribution in [0.2, 0.25) is 5.02 Å². The first-order chi connectivity index (χ1) is 14.3. The number of benzene rings is 1. The van der Waals surface area contributed by atoms with Crippen LogP contribution >= 0.6 is 23.1 Å². The summed E-state index contributed by atoms with van der Waals surface area (Å²) in [6.07, 6.45) is 4.40. The minimum absolute atomic E-state index is 0.0610. The fourth-order valence-electron chi connectivity index (χ4n) is 3.63. The van der Waals surface area contributed by atoms with E-state index in [-0.39, 0.29) is 28.2 Å². The van der Waals surface area contributed by atoms with Gasteiger partial charge in [0.15, 0.2) is 5.69 Å². The van der Waals surface area contributed by atoms with E-state index >= 15 is 0 Å². The van der Waals surface area contributed by atoms with E-state index in [0.29, 0.717) is 17.1 Å². The summed E-state index contributed by atoms with van der Waals surface area (Å²) in [4.78, 5) is 39.5. The van der Waals surface area contributed by atoms with Crippen molar-refractivity contribution < 1.29 is 14.4 Å². The highest BCUT2D eigenvalue weighted by Crippen LogP contribution is 2.29. The number of amides is 3. The van der Waals surface area contributed by atoms with Crippen LogP contribution in [0.1, 0.15) is 59.2 Å². The van der Waals surface area contributed by atoms with Gasteiger partial charge in [0.25, 0.3) is 11.8 Å². The Labute approximate surface area is 183 Å². The molecule has 0 bridgehead atoms. The van der Waals surface area contributed by atoms with Crippen molar-refractivity contribution in [3.63, 3.8) is 0 Å². The van der Waals surface area contributed by atoms with Gasteiger partial charge in [-0.05, 0) is 55.1 Å². The molecule has 10 heteroatoms. The molecule has 1 aliphatic rings. The molecule has 5 N–H and O–H groups in total. The largest absolute Gasteiger partial charge is 0.395 e. The van der Waals surface area contributed by atoms with Crippen LogP contribution in [0.5, 0.6) is 0 Å². The smallest absolute Gasteiger partial charge is 0.272 e. The Hall–Kier alpha value is -2.65. The molecule has 1 aliphatic carbocycles. The van der Waals surface area contributed by atoms with Gasteiger partial charge in [-0.1, -0.05) is 31.4 Å². The van der Waals surface area contributed by atoms with Crippen LogP contribution in [0.3, 0.4) is 0 Å². The zero-order chi connectivity index (χ0) is 21.8. The lowest BCUT2D eigenvalue weighted by Crippen LogP contribution is -2.51. The summed E-state index contributed by atoms with van der Waals surface area (Å²) in [5, 5.41) is 3.56. The van der Waals surface area contributed by atoms with Gasteiger partial charge in [-0.2, -0.15) is 4.37 Å². The number of hydrogen-bond acceptors (Lipinski definition) is 6. The summed E-state index contributed by atoms with van der Waals surface area (Å²) in [6, 6.07) is 5.96. The Balaban J connectivity index is 1.98. The molecule has 3 rings (SSSR count). The summed E-state index contributed by atoms with van der Waals surface area (Å²) in [5.74, 6) is -1.56. The lowest BCUT2D eigenvalue weighted by atomic mass is 10.1. The second kappa shape index (κ2) is 9.44. The number of hydrogen-bond donors (Lipinski definition) is 3. The molecule has 2 aromatic rings. The molecule has 160 valence electrons. The lowest BCUT2D eigenvalue weighted by molar-refractivity contribution is -0.123. The van der Waals surface area contributed by atoms with E-state index in [2.05, 4.69) is 9.69 Å². The van der Waals surface area contributed by atoms with E-state index in [9.17, 15) is 14.4 Å². The number of anilines is 2. The number of primary amides is 1. The minimum atomic E-state index is -0.813. The van der Waals surface area contributed by atoms with Crippen molar-refractivity contribution in [1.29, 1.82) is 0 Å². The average Bonchev–Trinajstić information content (AvgIpc) is 3.35. The molecular weight excluding hydrogens is 426 g/mol. The van der Waals surface area contributed by atoms with E-state index in [4.69, 9.17) is 23.1 Å². The molecule has 1 aromatic heterocycles. The van der Waals surface area contributed by atoms with Crippen molar-refractivity contribution in [2.45, 2.75) is 51.1 Å². The second-order valence-corrected chi connectivity index (χ2v) is 8.41. The maximum atomic E-state index is 13.5. The summed E-state index contributed by atoms with van der Waals surface area (Å²) in [6.45, 7) is 1.83. The molecule has 3 amide bonds. The van der Waals surface area contributed by atoms with Gasteiger partial charge in [0.05, 0.1) is 5.69 Å². The molecule has 1 fully saturated rings. The van der Waals surface area contributed by atoms with E-state index in [0.717, 1.165) is 37.2 Å². The van der Waals surface area contributed by atoms with Gasteiger partial charge < -0.3 is 16.8 Å². The molecule has 0 spiro atoms. The number of nitrogens with zero attached hydrogens (tertiary/aromatic N) is 2. The summed E-state index contributed by atoms with van der Waals surface area (Å²) < 4.78 is 3.91. The molecule has 8 nitrogen and oxygen atoms in total. The van der Waals surface area contributed by atoms with E-state index < -0.39 is 17.9 Å². The third-order valence-electron chi connectivity index (χ3n) is 5.18. The first-order valence-electron chi connectivity index (χ1n) is 9.77. The van der Waals surface area contributed by atoms with Crippen molar-refractivity contribution >= 4 is 52.2 Å². The molecule has 0 unspecified atom stereocenters. The zero-order valence-electron chi connectivity index (χ0n) is 16.6. The molecule has 30 heavy (non-hydrogen) atoms. The molecule has 0 aliphatic heterocycles. The van der Waals surface area contributed by atoms with Gasteiger partial charge >= 0.3 is 0 Å².